The van der Waals surface area contributed by atoms with Gasteiger partial charge in [0.05, 0.1) is 19.2 Å². The van der Waals surface area contributed by atoms with Gasteiger partial charge in [-0.1, -0.05) is 6.92 Å². The zero-order chi connectivity index (χ0) is 9.30. The van der Waals surface area contributed by atoms with Crippen LogP contribution in [0.2, 0.25) is 0 Å². The lowest BCUT2D eigenvalue weighted by atomic mass is 10.0. The summed E-state index contributed by atoms with van der Waals surface area (Å²) in [5.74, 6) is -0.411. The number of hydrogen-bond acceptors (Lipinski definition) is 2. The van der Waals surface area contributed by atoms with E-state index in [1.165, 1.54) is 0 Å². The topological polar surface area (TPSA) is 60.8 Å². The van der Waals surface area contributed by atoms with Gasteiger partial charge in [0, 0.05) is 5.92 Å². The number of alkyl halides is 1. The van der Waals surface area contributed by atoms with Crippen molar-refractivity contribution in [2.45, 2.75) is 19.1 Å². The van der Waals surface area contributed by atoms with Crippen LogP contribution >= 0.6 is 0 Å². The van der Waals surface area contributed by atoms with Crippen LogP contribution in [0.1, 0.15) is 6.92 Å². The van der Waals surface area contributed by atoms with Gasteiger partial charge in [-0.3, -0.25) is 4.90 Å². The molecule has 0 aliphatic carbocycles. The van der Waals surface area contributed by atoms with Gasteiger partial charge in [0.25, 0.3) is 0 Å². The Balaban J connectivity index is 2.71. The molecule has 1 amide bonds. The molecule has 12 heavy (non-hydrogen) atoms. The quantitative estimate of drug-likeness (QED) is 0.606. The predicted octanol–water partition coefficient (Wildman–Crippen LogP) is 0.315. The minimum atomic E-state index is -1.17. The monoisotopic (exact) mass is 177 g/mol. The van der Waals surface area contributed by atoms with Crippen molar-refractivity contribution in [1.82, 2.24) is 4.90 Å². The number of amides is 1. The maximum atomic E-state index is 12.9. The Labute approximate surface area is 69.6 Å². The van der Waals surface area contributed by atoms with Crippen LogP contribution in [0.25, 0.3) is 0 Å². The van der Waals surface area contributed by atoms with Crippen LogP contribution in [0.5, 0.6) is 0 Å². The number of halogens is 1. The molecule has 0 spiro atoms. The average Bonchev–Trinajstić information content (AvgIpc) is 2.29. The molecule has 0 aromatic rings. The fraction of sp³-hybridized carbons (Fsp3) is 0.857. The molecule has 1 heterocycles. The van der Waals surface area contributed by atoms with E-state index in [9.17, 15) is 9.18 Å². The van der Waals surface area contributed by atoms with Crippen LogP contribution in [0.15, 0.2) is 0 Å². The van der Waals surface area contributed by atoms with Gasteiger partial charge >= 0.3 is 6.09 Å². The first-order valence-electron chi connectivity index (χ1n) is 3.82. The SMILES string of the molecule is CC1C(F)CN(C(=O)O)C1CO. The summed E-state index contributed by atoms with van der Waals surface area (Å²) in [4.78, 5) is 11.5. The molecule has 0 aromatic carbocycles. The molecule has 0 aromatic heterocycles. The summed E-state index contributed by atoms with van der Waals surface area (Å²) < 4.78 is 12.9. The number of carboxylic acid groups (broad SMARTS) is 1. The summed E-state index contributed by atoms with van der Waals surface area (Å²) in [7, 11) is 0. The lowest BCUT2D eigenvalue weighted by Gasteiger charge is -2.20. The van der Waals surface area contributed by atoms with Crippen LogP contribution in [0, 0.1) is 5.92 Å². The van der Waals surface area contributed by atoms with E-state index in [1.807, 2.05) is 0 Å². The molecule has 4 nitrogen and oxygen atoms in total. The molecule has 3 unspecified atom stereocenters. The minimum absolute atomic E-state index is 0.123. The number of hydrogen-bond donors (Lipinski definition) is 2. The summed E-state index contributed by atoms with van der Waals surface area (Å²) in [6.07, 6.45) is -2.32. The zero-order valence-electron chi connectivity index (χ0n) is 6.77. The molecule has 0 bridgehead atoms. The van der Waals surface area contributed by atoms with Crippen LogP contribution in [0.4, 0.5) is 9.18 Å². The third kappa shape index (κ3) is 1.36. The summed E-state index contributed by atoms with van der Waals surface area (Å²) in [5, 5.41) is 17.4. The van der Waals surface area contributed by atoms with E-state index < -0.39 is 24.2 Å². The van der Waals surface area contributed by atoms with E-state index >= 15 is 0 Å². The highest BCUT2D eigenvalue weighted by Crippen LogP contribution is 2.26. The molecule has 1 fully saturated rings. The Morgan fingerprint density at radius 3 is 2.67 bits per heavy atom. The van der Waals surface area contributed by atoms with Gasteiger partial charge in [0.1, 0.15) is 6.17 Å². The highest BCUT2D eigenvalue weighted by molar-refractivity contribution is 5.66. The van der Waals surface area contributed by atoms with Crippen LogP contribution in [-0.2, 0) is 0 Å². The van der Waals surface area contributed by atoms with Gasteiger partial charge in [0.2, 0.25) is 0 Å². The van der Waals surface area contributed by atoms with Gasteiger partial charge in [0.15, 0.2) is 0 Å². The maximum Gasteiger partial charge on any atom is 0.407 e. The second kappa shape index (κ2) is 3.26. The molecule has 1 aliphatic heterocycles. The van der Waals surface area contributed by atoms with Crippen LogP contribution in [0.3, 0.4) is 0 Å². The molecule has 2 N–H and O–H groups in total. The number of aliphatic hydroxyl groups excluding tert-OH is 1. The Kier molecular flexibility index (Phi) is 2.52. The lowest BCUT2D eigenvalue weighted by molar-refractivity contribution is 0.109. The summed E-state index contributed by atoms with van der Waals surface area (Å²) in [5.41, 5.74) is 0. The van der Waals surface area contributed by atoms with Gasteiger partial charge in [-0.05, 0) is 0 Å². The Morgan fingerprint density at radius 1 is 1.75 bits per heavy atom. The Hall–Kier alpha value is -0.840. The van der Waals surface area contributed by atoms with E-state index in [0.29, 0.717) is 0 Å². The second-order valence-electron chi connectivity index (χ2n) is 3.06. The molecule has 5 heteroatoms. The average molecular weight is 177 g/mol. The molecular formula is C7H12FNO3. The molecule has 70 valence electrons. The van der Waals surface area contributed by atoms with Crippen molar-refractivity contribution in [3.63, 3.8) is 0 Å². The van der Waals surface area contributed by atoms with Gasteiger partial charge in [-0.25, -0.2) is 9.18 Å². The van der Waals surface area contributed by atoms with Gasteiger partial charge in [-0.15, -0.1) is 0 Å². The Bertz CT molecular complexity index is 187. The van der Waals surface area contributed by atoms with Crippen molar-refractivity contribution in [2.24, 2.45) is 5.92 Å². The first-order chi connectivity index (χ1) is 5.57. The van der Waals surface area contributed by atoms with Crippen molar-refractivity contribution in [3.05, 3.63) is 0 Å². The van der Waals surface area contributed by atoms with E-state index in [1.54, 1.807) is 6.92 Å². The summed E-state index contributed by atoms with van der Waals surface area (Å²) in [6, 6.07) is -0.586. The highest BCUT2D eigenvalue weighted by Gasteiger charge is 2.41. The Morgan fingerprint density at radius 2 is 2.33 bits per heavy atom. The molecule has 3 atom stereocenters. The summed E-state index contributed by atoms with van der Waals surface area (Å²) in [6.45, 7) is 1.17. The number of likely N-dealkylation sites (tertiary alicyclic amines) is 1. The van der Waals surface area contributed by atoms with Crippen molar-refractivity contribution in [1.29, 1.82) is 0 Å². The third-order valence-electron chi connectivity index (χ3n) is 2.38. The number of nitrogens with zero attached hydrogens (tertiary/aromatic N) is 1. The van der Waals surface area contributed by atoms with Crippen LogP contribution < -0.4 is 0 Å². The number of aliphatic hydroxyl groups is 1. The molecule has 1 saturated heterocycles. The maximum absolute atomic E-state index is 12.9. The third-order valence-corrected chi connectivity index (χ3v) is 2.38. The zero-order valence-corrected chi connectivity index (χ0v) is 6.77. The smallest absolute Gasteiger partial charge is 0.407 e. The first kappa shape index (κ1) is 9.25. The number of carbonyl (C=O) groups is 1. The second-order valence-corrected chi connectivity index (χ2v) is 3.06. The van der Waals surface area contributed by atoms with E-state index in [0.717, 1.165) is 4.90 Å². The predicted molar refractivity (Wildman–Crippen MR) is 39.7 cm³/mol. The van der Waals surface area contributed by atoms with E-state index in [-0.39, 0.29) is 13.2 Å². The molecule has 1 rings (SSSR count). The fourth-order valence-corrected chi connectivity index (χ4v) is 1.50. The van der Waals surface area contributed by atoms with Gasteiger partial charge in [-0.2, -0.15) is 0 Å². The molecule has 0 saturated carbocycles. The van der Waals surface area contributed by atoms with Gasteiger partial charge < -0.3 is 10.2 Å². The van der Waals surface area contributed by atoms with Crippen molar-refractivity contribution in [2.75, 3.05) is 13.2 Å². The minimum Gasteiger partial charge on any atom is -0.465 e. The standard InChI is InChI=1S/C7H12FNO3/c1-4-5(8)2-9(7(11)12)6(4)3-10/h4-6,10H,2-3H2,1H3,(H,11,12). The summed E-state index contributed by atoms with van der Waals surface area (Å²) >= 11 is 0. The van der Waals surface area contributed by atoms with Crippen molar-refractivity contribution in [3.8, 4) is 0 Å². The number of rotatable bonds is 1. The normalized spacial score (nSPS) is 35.6. The molecular weight excluding hydrogens is 165 g/mol. The largest absolute Gasteiger partial charge is 0.465 e. The van der Waals surface area contributed by atoms with Crippen molar-refractivity contribution < 1.29 is 19.4 Å². The fourth-order valence-electron chi connectivity index (χ4n) is 1.50. The first-order valence-corrected chi connectivity index (χ1v) is 3.82. The molecule has 1 aliphatic rings. The highest BCUT2D eigenvalue weighted by atomic mass is 19.1. The lowest BCUT2D eigenvalue weighted by Crippen LogP contribution is -2.38. The van der Waals surface area contributed by atoms with E-state index in [4.69, 9.17) is 10.2 Å². The van der Waals surface area contributed by atoms with E-state index in [2.05, 4.69) is 0 Å². The molecule has 0 radical (unpaired) electrons. The van der Waals surface area contributed by atoms with Crippen molar-refractivity contribution >= 4 is 6.09 Å². The van der Waals surface area contributed by atoms with Crippen LogP contribution in [-0.4, -0.2) is 46.6 Å².